The third-order valence-electron chi connectivity index (χ3n) is 2.81. The number of nitrogens with one attached hydrogen (secondary N) is 1. The van der Waals surface area contributed by atoms with Crippen LogP contribution >= 0.6 is 27.5 Å². The minimum atomic E-state index is -4.69. The molecule has 0 bridgehead atoms. The van der Waals surface area contributed by atoms with Crippen molar-refractivity contribution in [3.05, 3.63) is 57.3 Å². The number of carbonyl (C=O) groups is 1. The Morgan fingerprint density at radius 1 is 1.21 bits per heavy atom. The highest BCUT2D eigenvalue weighted by atomic mass is 79.9. The van der Waals surface area contributed by atoms with Crippen molar-refractivity contribution in [2.75, 3.05) is 11.9 Å². The minimum Gasteiger partial charge on any atom is -0.481 e. The van der Waals surface area contributed by atoms with E-state index in [2.05, 4.69) is 21.2 Å². The highest BCUT2D eigenvalue weighted by Crippen LogP contribution is 2.36. The van der Waals surface area contributed by atoms with Crippen molar-refractivity contribution < 1.29 is 27.1 Å². The molecule has 0 aromatic heterocycles. The molecule has 1 N–H and O–H groups in total. The summed E-state index contributed by atoms with van der Waals surface area (Å²) in [4.78, 5) is 11.8. The molecule has 9 heteroatoms. The predicted molar refractivity (Wildman–Crippen MR) is 84.7 cm³/mol. The fourth-order valence-electron chi connectivity index (χ4n) is 1.78. The molecule has 1 amide bonds. The number of ether oxygens (including phenoxy) is 1. The lowest BCUT2D eigenvalue weighted by atomic mass is 10.1. The van der Waals surface area contributed by atoms with Crippen LogP contribution in [-0.4, -0.2) is 12.5 Å². The topological polar surface area (TPSA) is 38.3 Å². The van der Waals surface area contributed by atoms with Gasteiger partial charge in [0.2, 0.25) is 0 Å². The molecule has 0 aliphatic heterocycles. The van der Waals surface area contributed by atoms with Gasteiger partial charge in [0.1, 0.15) is 0 Å². The molecule has 0 saturated carbocycles. The molecule has 0 saturated heterocycles. The van der Waals surface area contributed by atoms with Gasteiger partial charge in [0, 0.05) is 9.50 Å². The van der Waals surface area contributed by atoms with Crippen molar-refractivity contribution in [3.8, 4) is 5.75 Å². The van der Waals surface area contributed by atoms with Crippen LogP contribution in [0.25, 0.3) is 0 Å². The van der Waals surface area contributed by atoms with E-state index < -0.39 is 35.8 Å². The van der Waals surface area contributed by atoms with E-state index in [1.54, 1.807) is 0 Å². The van der Waals surface area contributed by atoms with E-state index >= 15 is 0 Å². The summed E-state index contributed by atoms with van der Waals surface area (Å²) in [6.07, 6.45) is -4.69. The van der Waals surface area contributed by atoms with Gasteiger partial charge in [-0.15, -0.1) is 0 Å². The van der Waals surface area contributed by atoms with E-state index in [-0.39, 0.29) is 10.8 Å². The molecule has 0 aliphatic carbocycles. The fourth-order valence-corrected chi connectivity index (χ4v) is 2.29. The van der Waals surface area contributed by atoms with Crippen molar-refractivity contribution in [2.24, 2.45) is 0 Å². The van der Waals surface area contributed by atoms with Crippen LogP contribution in [0.15, 0.2) is 40.9 Å². The first-order valence-corrected chi connectivity index (χ1v) is 7.58. The van der Waals surface area contributed by atoms with Gasteiger partial charge >= 0.3 is 6.18 Å². The number of rotatable bonds is 4. The maximum absolute atomic E-state index is 13.5. The first-order valence-electron chi connectivity index (χ1n) is 6.41. The van der Waals surface area contributed by atoms with Crippen LogP contribution in [-0.2, 0) is 11.0 Å². The van der Waals surface area contributed by atoms with Crippen molar-refractivity contribution in [2.45, 2.75) is 6.18 Å². The van der Waals surface area contributed by atoms with Gasteiger partial charge in [0.15, 0.2) is 18.2 Å². The second-order valence-corrected chi connectivity index (χ2v) is 5.95. The summed E-state index contributed by atoms with van der Waals surface area (Å²) in [5.41, 5.74) is -1.55. The van der Waals surface area contributed by atoms with Crippen LogP contribution in [0.5, 0.6) is 5.75 Å². The number of alkyl halides is 3. The lowest BCUT2D eigenvalue weighted by molar-refractivity contribution is -0.137. The SMILES string of the molecule is O=C(COc1ccc(Br)cc1F)Nc1ccc(Cl)cc1C(F)(F)F. The van der Waals surface area contributed by atoms with E-state index in [0.717, 1.165) is 12.1 Å². The van der Waals surface area contributed by atoms with Gasteiger partial charge in [-0.05, 0) is 36.4 Å². The van der Waals surface area contributed by atoms with Crippen LogP contribution in [0, 0.1) is 5.82 Å². The summed E-state index contributed by atoms with van der Waals surface area (Å²) in [5.74, 6) is -1.77. The molecule has 0 atom stereocenters. The van der Waals surface area contributed by atoms with Crippen molar-refractivity contribution >= 4 is 39.1 Å². The molecule has 0 radical (unpaired) electrons. The summed E-state index contributed by atoms with van der Waals surface area (Å²) in [7, 11) is 0. The fraction of sp³-hybridized carbons (Fsp3) is 0.133. The number of hydrogen-bond acceptors (Lipinski definition) is 2. The van der Waals surface area contributed by atoms with Crippen LogP contribution in [0.4, 0.5) is 23.2 Å². The summed E-state index contributed by atoms with van der Waals surface area (Å²) in [6, 6.07) is 6.86. The first kappa shape index (κ1) is 18.5. The number of amides is 1. The zero-order valence-corrected chi connectivity index (χ0v) is 14.1. The monoisotopic (exact) mass is 425 g/mol. The van der Waals surface area contributed by atoms with E-state index in [1.165, 1.54) is 18.2 Å². The Morgan fingerprint density at radius 3 is 2.54 bits per heavy atom. The Morgan fingerprint density at radius 2 is 1.92 bits per heavy atom. The highest BCUT2D eigenvalue weighted by molar-refractivity contribution is 9.10. The van der Waals surface area contributed by atoms with Crippen molar-refractivity contribution in [1.29, 1.82) is 0 Å². The van der Waals surface area contributed by atoms with Gasteiger partial charge in [0.05, 0.1) is 11.3 Å². The van der Waals surface area contributed by atoms with Gasteiger partial charge in [-0.3, -0.25) is 4.79 Å². The molecule has 0 heterocycles. The summed E-state index contributed by atoms with van der Waals surface area (Å²) in [5, 5.41) is 1.95. The standard InChI is InChI=1S/C15H9BrClF4NO2/c16-8-1-4-13(11(18)5-8)24-7-14(23)22-12-3-2-9(17)6-10(12)15(19,20)21/h1-6H,7H2,(H,22,23). The molecule has 0 unspecified atom stereocenters. The Labute approximate surface area is 147 Å². The second kappa shape index (κ2) is 7.40. The number of halogens is 6. The molecule has 0 aliphatic rings. The largest absolute Gasteiger partial charge is 0.481 e. The molecule has 2 aromatic rings. The van der Waals surface area contributed by atoms with Gasteiger partial charge in [-0.1, -0.05) is 27.5 Å². The van der Waals surface area contributed by atoms with Crippen LogP contribution in [0.2, 0.25) is 5.02 Å². The summed E-state index contributed by atoms with van der Waals surface area (Å²) in [6.45, 7) is -0.654. The molecule has 128 valence electrons. The third-order valence-corrected chi connectivity index (χ3v) is 3.54. The highest BCUT2D eigenvalue weighted by Gasteiger charge is 2.34. The minimum absolute atomic E-state index is 0.117. The zero-order chi connectivity index (χ0) is 17.9. The van der Waals surface area contributed by atoms with Gasteiger partial charge < -0.3 is 10.1 Å². The van der Waals surface area contributed by atoms with Gasteiger partial charge in [0.25, 0.3) is 5.91 Å². The van der Waals surface area contributed by atoms with Crippen LogP contribution in [0.3, 0.4) is 0 Å². The number of benzene rings is 2. The van der Waals surface area contributed by atoms with Gasteiger partial charge in [-0.25, -0.2) is 4.39 Å². The lowest BCUT2D eigenvalue weighted by Crippen LogP contribution is -2.22. The maximum atomic E-state index is 13.5. The predicted octanol–water partition coefficient (Wildman–Crippen LogP) is 5.28. The Kier molecular flexibility index (Phi) is 5.71. The molecule has 0 spiro atoms. The summed E-state index contributed by atoms with van der Waals surface area (Å²) >= 11 is 8.61. The Hall–Kier alpha value is -1.80. The number of carbonyl (C=O) groups excluding carboxylic acids is 1. The first-order chi connectivity index (χ1) is 11.2. The van der Waals surface area contributed by atoms with Crippen LogP contribution < -0.4 is 10.1 Å². The van der Waals surface area contributed by atoms with Gasteiger partial charge in [-0.2, -0.15) is 13.2 Å². The molecule has 0 fully saturated rings. The zero-order valence-electron chi connectivity index (χ0n) is 11.8. The average molecular weight is 427 g/mol. The van der Waals surface area contributed by atoms with Crippen LogP contribution in [0.1, 0.15) is 5.56 Å². The maximum Gasteiger partial charge on any atom is 0.418 e. The number of hydrogen-bond donors (Lipinski definition) is 1. The summed E-state index contributed by atoms with van der Waals surface area (Å²) < 4.78 is 57.8. The third kappa shape index (κ3) is 4.85. The average Bonchev–Trinajstić information content (AvgIpc) is 2.47. The number of anilines is 1. The molecule has 3 nitrogen and oxygen atoms in total. The molecule has 2 aromatic carbocycles. The van der Waals surface area contributed by atoms with E-state index in [1.807, 2.05) is 0 Å². The normalized spacial score (nSPS) is 11.2. The second-order valence-electron chi connectivity index (χ2n) is 4.60. The molecule has 2 rings (SSSR count). The molecular formula is C15H9BrClF4NO2. The smallest absolute Gasteiger partial charge is 0.418 e. The van der Waals surface area contributed by atoms with E-state index in [9.17, 15) is 22.4 Å². The Bertz CT molecular complexity index is 768. The Balaban J connectivity index is 2.08. The molecular weight excluding hydrogens is 418 g/mol. The lowest BCUT2D eigenvalue weighted by Gasteiger charge is -2.14. The van der Waals surface area contributed by atoms with Crippen molar-refractivity contribution in [3.63, 3.8) is 0 Å². The van der Waals surface area contributed by atoms with Crippen molar-refractivity contribution in [1.82, 2.24) is 0 Å². The van der Waals surface area contributed by atoms with E-state index in [0.29, 0.717) is 10.5 Å². The molecule has 24 heavy (non-hydrogen) atoms. The van der Waals surface area contributed by atoms with E-state index in [4.69, 9.17) is 16.3 Å². The quantitative estimate of drug-likeness (QED) is 0.676.